The van der Waals surface area contributed by atoms with Crippen molar-refractivity contribution in [3.63, 3.8) is 0 Å². The van der Waals surface area contributed by atoms with Crippen LogP contribution in [0.25, 0.3) is 0 Å². The highest BCUT2D eigenvalue weighted by Gasteiger charge is 2.40. The first-order valence-corrected chi connectivity index (χ1v) is 6.13. The highest BCUT2D eigenvalue weighted by Crippen LogP contribution is 2.43. The number of benzene rings is 1. The van der Waals surface area contributed by atoms with Crippen LogP contribution >= 0.6 is 0 Å². The van der Waals surface area contributed by atoms with Gasteiger partial charge in [0.05, 0.1) is 12.7 Å². The summed E-state index contributed by atoms with van der Waals surface area (Å²) >= 11 is 0. The Kier molecular flexibility index (Phi) is 2.30. The maximum Gasteiger partial charge on any atom is 0.0981 e. The van der Waals surface area contributed by atoms with Crippen LogP contribution in [-0.2, 0) is 10.2 Å². The molecule has 3 rings (SSSR count). The lowest BCUT2D eigenvalue weighted by Gasteiger charge is -2.44. The number of hydrogen-bond donors (Lipinski definition) is 1. The molecule has 0 bridgehead atoms. The quantitative estimate of drug-likeness (QED) is 0.720. The Morgan fingerprint density at radius 3 is 3.00 bits per heavy atom. The number of nitrogens with one attached hydrogen (secondary N) is 1. The van der Waals surface area contributed by atoms with Crippen molar-refractivity contribution in [3.8, 4) is 0 Å². The average Bonchev–Trinajstić information content (AvgIpc) is 2.29. The molecule has 1 aromatic carbocycles. The van der Waals surface area contributed by atoms with E-state index >= 15 is 0 Å². The lowest BCUT2D eigenvalue weighted by Crippen LogP contribution is -2.49. The standard InChI is InChI=1S/C14H19NO/c1-14(2)9-12-13(16-8-7-15-12)10-5-3-4-6-11(10)14/h3-6,12-13,15H,7-9H2,1-2H3. The van der Waals surface area contributed by atoms with E-state index in [-0.39, 0.29) is 11.5 Å². The van der Waals surface area contributed by atoms with Gasteiger partial charge in [0.1, 0.15) is 0 Å². The van der Waals surface area contributed by atoms with Gasteiger partial charge in [0.25, 0.3) is 0 Å². The van der Waals surface area contributed by atoms with Gasteiger partial charge in [0, 0.05) is 12.6 Å². The summed E-state index contributed by atoms with van der Waals surface area (Å²) in [6.07, 6.45) is 1.42. The van der Waals surface area contributed by atoms with E-state index in [4.69, 9.17) is 4.74 Å². The van der Waals surface area contributed by atoms with E-state index in [2.05, 4.69) is 43.4 Å². The molecule has 1 saturated heterocycles. The predicted molar refractivity (Wildman–Crippen MR) is 64.6 cm³/mol. The molecule has 1 aliphatic heterocycles. The number of hydrogen-bond acceptors (Lipinski definition) is 2. The molecule has 0 amide bonds. The van der Waals surface area contributed by atoms with E-state index in [1.807, 2.05) is 0 Å². The fourth-order valence-corrected chi connectivity index (χ4v) is 3.16. The van der Waals surface area contributed by atoms with Crippen molar-refractivity contribution in [1.29, 1.82) is 0 Å². The largest absolute Gasteiger partial charge is 0.371 e. The van der Waals surface area contributed by atoms with E-state index in [9.17, 15) is 0 Å². The van der Waals surface area contributed by atoms with E-state index < -0.39 is 0 Å². The molecule has 2 atom stereocenters. The van der Waals surface area contributed by atoms with Crippen LogP contribution in [-0.4, -0.2) is 19.2 Å². The highest BCUT2D eigenvalue weighted by molar-refractivity contribution is 5.39. The zero-order valence-electron chi connectivity index (χ0n) is 9.99. The summed E-state index contributed by atoms with van der Waals surface area (Å²) < 4.78 is 5.94. The topological polar surface area (TPSA) is 21.3 Å². The molecule has 2 aliphatic rings. The van der Waals surface area contributed by atoms with E-state index in [1.165, 1.54) is 11.1 Å². The first-order valence-electron chi connectivity index (χ1n) is 6.13. The van der Waals surface area contributed by atoms with Crippen molar-refractivity contribution in [2.24, 2.45) is 0 Å². The third kappa shape index (κ3) is 1.48. The lowest BCUT2D eigenvalue weighted by molar-refractivity contribution is -0.0212. The molecule has 16 heavy (non-hydrogen) atoms. The monoisotopic (exact) mass is 217 g/mol. The van der Waals surface area contributed by atoms with Crippen LogP contribution in [0.2, 0.25) is 0 Å². The summed E-state index contributed by atoms with van der Waals surface area (Å²) in [5.74, 6) is 0. The molecule has 0 aromatic heterocycles. The minimum Gasteiger partial charge on any atom is -0.371 e. The van der Waals surface area contributed by atoms with E-state index in [0.717, 1.165) is 19.6 Å². The van der Waals surface area contributed by atoms with E-state index in [1.54, 1.807) is 0 Å². The van der Waals surface area contributed by atoms with Gasteiger partial charge in [-0.25, -0.2) is 0 Å². The molecule has 1 aromatic rings. The molecule has 1 aliphatic carbocycles. The SMILES string of the molecule is CC1(C)CC2NCCOC2c2ccccc21. The molecule has 2 heteroatoms. The summed E-state index contributed by atoms with van der Waals surface area (Å²) in [6, 6.07) is 9.22. The Morgan fingerprint density at radius 2 is 2.12 bits per heavy atom. The first-order chi connectivity index (χ1) is 7.68. The van der Waals surface area contributed by atoms with Crippen LogP contribution in [0.15, 0.2) is 24.3 Å². The molecule has 0 saturated carbocycles. The van der Waals surface area contributed by atoms with Crippen molar-refractivity contribution in [2.45, 2.75) is 37.8 Å². The van der Waals surface area contributed by atoms with Gasteiger partial charge in [-0.1, -0.05) is 38.1 Å². The van der Waals surface area contributed by atoms with Crippen molar-refractivity contribution in [1.82, 2.24) is 5.32 Å². The van der Waals surface area contributed by atoms with Crippen LogP contribution < -0.4 is 5.32 Å². The number of morpholine rings is 1. The minimum absolute atomic E-state index is 0.255. The average molecular weight is 217 g/mol. The van der Waals surface area contributed by atoms with E-state index in [0.29, 0.717) is 6.04 Å². The second-order valence-electron chi connectivity index (χ2n) is 5.53. The Labute approximate surface area is 97.0 Å². The van der Waals surface area contributed by atoms with Gasteiger partial charge in [-0.2, -0.15) is 0 Å². The first kappa shape index (κ1) is 10.3. The molecule has 0 radical (unpaired) electrons. The van der Waals surface area contributed by atoms with Crippen molar-refractivity contribution < 1.29 is 4.74 Å². The molecule has 2 nitrogen and oxygen atoms in total. The van der Waals surface area contributed by atoms with Crippen LogP contribution in [0.1, 0.15) is 37.5 Å². The molecule has 0 spiro atoms. The maximum absolute atomic E-state index is 5.94. The Morgan fingerprint density at radius 1 is 1.31 bits per heavy atom. The van der Waals surface area contributed by atoms with Gasteiger partial charge in [0.2, 0.25) is 0 Å². The third-order valence-corrected chi connectivity index (χ3v) is 3.90. The Balaban J connectivity index is 2.09. The zero-order chi connectivity index (χ0) is 11.2. The Hall–Kier alpha value is -0.860. The zero-order valence-corrected chi connectivity index (χ0v) is 9.99. The lowest BCUT2D eigenvalue weighted by atomic mass is 9.69. The van der Waals surface area contributed by atoms with Crippen LogP contribution in [0, 0.1) is 0 Å². The normalized spacial score (nSPS) is 31.6. The molecular weight excluding hydrogens is 198 g/mol. The maximum atomic E-state index is 5.94. The smallest absolute Gasteiger partial charge is 0.0981 e. The third-order valence-electron chi connectivity index (χ3n) is 3.90. The highest BCUT2D eigenvalue weighted by atomic mass is 16.5. The molecule has 1 fully saturated rings. The summed E-state index contributed by atoms with van der Waals surface area (Å²) in [5, 5.41) is 3.59. The molecule has 86 valence electrons. The molecule has 1 heterocycles. The predicted octanol–water partition coefficient (Wildman–Crippen LogP) is 2.40. The number of ether oxygens (including phenoxy) is 1. The van der Waals surface area contributed by atoms with Gasteiger partial charge >= 0.3 is 0 Å². The van der Waals surface area contributed by atoms with Crippen LogP contribution in [0.4, 0.5) is 0 Å². The summed E-state index contributed by atoms with van der Waals surface area (Å²) in [7, 11) is 0. The van der Waals surface area contributed by atoms with Crippen molar-refractivity contribution in [3.05, 3.63) is 35.4 Å². The number of rotatable bonds is 0. The second kappa shape index (κ2) is 3.57. The summed E-state index contributed by atoms with van der Waals surface area (Å²) in [6.45, 7) is 6.48. The Bertz CT molecular complexity index is 399. The van der Waals surface area contributed by atoms with Gasteiger partial charge in [-0.05, 0) is 23.0 Å². The molecule has 2 unspecified atom stereocenters. The van der Waals surface area contributed by atoms with Gasteiger partial charge < -0.3 is 10.1 Å². The van der Waals surface area contributed by atoms with Gasteiger partial charge in [0.15, 0.2) is 0 Å². The summed E-state index contributed by atoms with van der Waals surface area (Å²) in [4.78, 5) is 0. The van der Waals surface area contributed by atoms with Crippen LogP contribution in [0.5, 0.6) is 0 Å². The molecular formula is C14H19NO. The number of fused-ring (bicyclic) bond motifs is 3. The summed E-state index contributed by atoms with van der Waals surface area (Å²) in [5.41, 5.74) is 3.10. The molecule has 1 N–H and O–H groups in total. The fourth-order valence-electron chi connectivity index (χ4n) is 3.16. The van der Waals surface area contributed by atoms with Gasteiger partial charge in [-0.3, -0.25) is 0 Å². The van der Waals surface area contributed by atoms with Crippen molar-refractivity contribution in [2.75, 3.05) is 13.2 Å². The fraction of sp³-hybridized carbons (Fsp3) is 0.571. The van der Waals surface area contributed by atoms with Crippen LogP contribution in [0.3, 0.4) is 0 Å². The second-order valence-corrected chi connectivity index (χ2v) is 5.53. The minimum atomic E-state index is 0.255. The van der Waals surface area contributed by atoms with Crippen molar-refractivity contribution >= 4 is 0 Å². The van der Waals surface area contributed by atoms with Gasteiger partial charge in [-0.15, -0.1) is 0 Å².